The van der Waals surface area contributed by atoms with Crippen molar-refractivity contribution in [2.45, 2.75) is 6.92 Å². The quantitative estimate of drug-likeness (QED) is 0.752. The lowest BCUT2D eigenvalue weighted by Gasteiger charge is -2.15. The first kappa shape index (κ1) is 16.4. The van der Waals surface area contributed by atoms with Crippen molar-refractivity contribution in [3.8, 4) is 23.3 Å². The Morgan fingerprint density at radius 3 is 2.60 bits per heavy atom. The fourth-order valence-electron chi connectivity index (χ4n) is 2.63. The largest absolute Gasteiger partial charge is 0.508 e. The molecular weight excluding hydrogens is 318 g/mol. The van der Waals surface area contributed by atoms with Gasteiger partial charge in [-0.25, -0.2) is 0 Å². The molecule has 0 saturated heterocycles. The first-order chi connectivity index (χ1) is 12.1. The number of nitrogens with zero attached hydrogens (tertiary/aromatic N) is 2. The molecule has 0 aliphatic carbocycles. The molecule has 0 spiro atoms. The average molecular weight is 335 g/mol. The minimum Gasteiger partial charge on any atom is -0.508 e. The van der Waals surface area contributed by atoms with Crippen LogP contribution in [-0.4, -0.2) is 24.3 Å². The van der Waals surface area contributed by atoms with Crippen molar-refractivity contribution in [3.05, 3.63) is 47.7 Å². The summed E-state index contributed by atoms with van der Waals surface area (Å²) in [4.78, 5) is 4.35. The Morgan fingerprint density at radius 1 is 1.16 bits per heavy atom. The smallest absolute Gasteiger partial charge is 0.187 e. The number of anilines is 2. The number of aryl methyl sites for hydroxylation is 1. The molecule has 2 N–H and O–H groups in total. The summed E-state index contributed by atoms with van der Waals surface area (Å²) in [5, 5.41) is 23.3. The Bertz CT molecular complexity index is 993. The van der Waals surface area contributed by atoms with Gasteiger partial charge in [-0.05, 0) is 30.7 Å². The lowest BCUT2D eigenvalue weighted by Crippen LogP contribution is -1.99. The zero-order valence-corrected chi connectivity index (χ0v) is 14.1. The van der Waals surface area contributed by atoms with Crippen molar-refractivity contribution in [1.29, 1.82) is 5.26 Å². The van der Waals surface area contributed by atoms with Gasteiger partial charge in [0.1, 0.15) is 17.3 Å². The summed E-state index contributed by atoms with van der Waals surface area (Å²) in [5.74, 6) is 1.24. The van der Waals surface area contributed by atoms with E-state index in [1.807, 2.05) is 19.1 Å². The van der Waals surface area contributed by atoms with Crippen molar-refractivity contribution < 1.29 is 14.6 Å². The molecule has 126 valence electrons. The number of rotatable bonds is 4. The normalized spacial score (nSPS) is 10.3. The van der Waals surface area contributed by atoms with E-state index in [-0.39, 0.29) is 5.75 Å². The van der Waals surface area contributed by atoms with E-state index >= 15 is 0 Å². The summed E-state index contributed by atoms with van der Waals surface area (Å²) in [6.45, 7) is 1.82. The highest BCUT2D eigenvalue weighted by molar-refractivity contribution is 5.99. The van der Waals surface area contributed by atoms with E-state index < -0.39 is 0 Å². The molecule has 25 heavy (non-hydrogen) atoms. The number of aromatic hydroxyl groups is 1. The third kappa shape index (κ3) is 2.88. The number of hydrogen-bond acceptors (Lipinski definition) is 6. The molecular formula is C19H17N3O3. The second-order valence-electron chi connectivity index (χ2n) is 5.48. The third-order valence-electron chi connectivity index (χ3n) is 3.98. The van der Waals surface area contributed by atoms with E-state index in [0.29, 0.717) is 34.0 Å². The van der Waals surface area contributed by atoms with E-state index in [1.54, 1.807) is 32.4 Å². The molecule has 0 radical (unpaired) electrons. The minimum atomic E-state index is 0.182. The lowest BCUT2D eigenvalue weighted by molar-refractivity contribution is 0.358. The van der Waals surface area contributed by atoms with Gasteiger partial charge in [-0.2, -0.15) is 5.26 Å². The zero-order chi connectivity index (χ0) is 18.0. The maximum Gasteiger partial charge on any atom is 0.187 e. The second-order valence-corrected chi connectivity index (χ2v) is 5.48. The molecule has 3 rings (SSSR count). The Hall–Kier alpha value is -3.46. The summed E-state index contributed by atoms with van der Waals surface area (Å²) in [5.41, 5.74) is 3.01. The van der Waals surface area contributed by atoms with Crippen molar-refractivity contribution in [3.63, 3.8) is 0 Å². The SMILES string of the molecule is COc1ccc2c(Nc3ccc(C)c(O)c3)c(C#N)cnc2c1OC. The van der Waals surface area contributed by atoms with Gasteiger partial charge in [0.2, 0.25) is 0 Å². The van der Waals surface area contributed by atoms with Crippen LogP contribution in [0.4, 0.5) is 11.4 Å². The van der Waals surface area contributed by atoms with Crippen LogP contribution in [-0.2, 0) is 0 Å². The predicted octanol–water partition coefficient (Wildman–Crippen LogP) is 3.88. The summed E-state index contributed by atoms with van der Waals surface area (Å²) in [7, 11) is 3.10. The molecule has 0 saturated carbocycles. The Balaban J connectivity index is 2.21. The molecule has 6 heteroatoms. The van der Waals surface area contributed by atoms with Gasteiger partial charge in [-0.3, -0.25) is 4.98 Å². The number of benzene rings is 2. The van der Waals surface area contributed by atoms with Crippen molar-refractivity contribution >= 4 is 22.3 Å². The molecule has 3 aromatic rings. The average Bonchev–Trinajstić information content (AvgIpc) is 2.63. The van der Waals surface area contributed by atoms with Gasteiger partial charge in [-0.15, -0.1) is 0 Å². The monoisotopic (exact) mass is 335 g/mol. The molecule has 0 aliphatic heterocycles. The molecule has 0 atom stereocenters. The van der Waals surface area contributed by atoms with Gasteiger partial charge in [-0.1, -0.05) is 6.07 Å². The maximum atomic E-state index is 9.91. The predicted molar refractivity (Wildman–Crippen MR) is 95.7 cm³/mol. The number of hydrogen-bond donors (Lipinski definition) is 2. The topological polar surface area (TPSA) is 87.4 Å². The molecule has 2 aromatic carbocycles. The number of nitriles is 1. The standard InChI is InChI=1S/C19H17N3O3/c1-11-4-5-13(8-15(11)23)22-17-12(9-20)10-21-18-14(17)6-7-16(24-2)19(18)25-3/h4-8,10,23H,1-3H3,(H,21,22). The van der Waals surface area contributed by atoms with E-state index in [4.69, 9.17) is 9.47 Å². The van der Waals surface area contributed by atoms with E-state index in [0.717, 1.165) is 10.9 Å². The van der Waals surface area contributed by atoms with Crippen LogP contribution in [0.2, 0.25) is 0 Å². The fourth-order valence-corrected chi connectivity index (χ4v) is 2.63. The highest BCUT2D eigenvalue weighted by atomic mass is 16.5. The first-order valence-electron chi connectivity index (χ1n) is 7.59. The molecule has 0 bridgehead atoms. The van der Waals surface area contributed by atoms with Crippen LogP contribution in [0, 0.1) is 18.3 Å². The van der Waals surface area contributed by atoms with Crippen molar-refractivity contribution in [2.24, 2.45) is 0 Å². The number of pyridine rings is 1. The molecule has 6 nitrogen and oxygen atoms in total. The minimum absolute atomic E-state index is 0.182. The second kappa shape index (κ2) is 6.57. The number of fused-ring (bicyclic) bond motifs is 1. The van der Waals surface area contributed by atoms with Crippen LogP contribution in [0.15, 0.2) is 36.5 Å². The van der Waals surface area contributed by atoms with Crippen LogP contribution in [0.3, 0.4) is 0 Å². The Labute approximate surface area is 145 Å². The molecule has 0 fully saturated rings. The highest BCUT2D eigenvalue weighted by Gasteiger charge is 2.16. The lowest BCUT2D eigenvalue weighted by atomic mass is 10.1. The Morgan fingerprint density at radius 2 is 1.96 bits per heavy atom. The first-order valence-corrected chi connectivity index (χ1v) is 7.59. The van der Waals surface area contributed by atoms with E-state index in [1.165, 1.54) is 6.20 Å². The number of ether oxygens (including phenoxy) is 2. The van der Waals surface area contributed by atoms with Gasteiger partial charge >= 0.3 is 0 Å². The van der Waals surface area contributed by atoms with Crippen LogP contribution >= 0.6 is 0 Å². The summed E-state index contributed by atoms with van der Waals surface area (Å²) < 4.78 is 10.7. The summed E-state index contributed by atoms with van der Waals surface area (Å²) in [6, 6.07) is 11.0. The van der Waals surface area contributed by atoms with Crippen LogP contribution in [0.25, 0.3) is 10.9 Å². The van der Waals surface area contributed by atoms with E-state index in [2.05, 4.69) is 16.4 Å². The van der Waals surface area contributed by atoms with Crippen molar-refractivity contribution in [2.75, 3.05) is 19.5 Å². The van der Waals surface area contributed by atoms with Crippen molar-refractivity contribution in [1.82, 2.24) is 4.98 Å². The van der Waals surface area contributed by atoms with Crippen LogP contribution in [0.5, 0.6) is 17.2 Å². The van der Waals surface area contributed by atoms with Crippen LogP contribution < -0.4 is 14.8 Å². The van der Waals surface area contributed by atoms with Gasteiger partial charge in [0.05, 0.1) is 25.5 Å². The van der Waals surface area contributed by atoms with Gasteiger partial charge in [0, 0.05) is 23.3 Å². The third-order valence-corrected chi connectivity index (χ3v) is 3.98. The fraction of sp³-hybridized carbons (Fsp3) is 0.158. The maximum absolute atomic E-state index is 9.91. The van der Waals surface area contributed by atoms with Gasteiger partial charge in [0.15, 0.2) is 11.5 Å². The van der Waals surface area contributed by atoms with Gasteiger partial charge < -0.3 is 19.9 Å². The number of methoxy groups -OCH3 is 2. The Kier molecular flexibility index (Phi) is 4.31. The molecule has 0 amide bonds. The van der Waals surface area contributed by atoms with Crippen LogP contribution in [0.1, 0.15) is 11.1 Å². The molecule has 1 aromatic heterocycles. The number of aromatic nitrogens is 1. The highest BCUT2D eigenvalue weighted by Crippen LogP contribution is 2.39. The number of nitrogens with one attached hydrogen (secondary N) is 1. The van der Waals surface area contributed by atoms with Gasteiger partial charge in [0.25, 0.3) is 0 Å². The van der Waals surface area contributed by atoms with E-state index in [9.17, 15) is 10.4 Å². The molecule has 0 aliphatic rings. The summed E-state index contributed by atoms with van der Waals surface area (Å²) in [6.07, 6.45) is 1.49. The molecule has 1 heterocycles. The zero-order valence-electron chi connectivity index (χ0n) is 14.1. The number of phenolic OH excluding ortho intramolecular Hbond substituents is 1. The summed E-state index contributed by atoms with van der Waals surface area (Å²) >= 11 is 0. The molecule has 0 unspecified atom stereocenters. The number of phenols is 1.